The maximum atomic E-state index is 11.3. The molecule has 1 spiro atoms. The van der Waals surface area contributed by atoms with Crippen molar-refractivity contribution in [2.24, 2.45) is 0 Å². The fraction of sp³-hybridized carbons (Fsp3) is 0.357. The van der Waals surface area contributed by atoms with E-state index in [0.29, 0.717) is 5.78 Å². The summed E-state index contributed by atoms with van der Waals surface area (Å²) in [6, 6.07) is 8.56. The van der Waals surface area contributed by atoms with Crippen LogP contribution in [-0.4, -0.2) is 5.78 Å². The van der Waals surface area contributed by atoms with Crippen molar-refractivity contribution in [1.29, 1.82) is 0 Å². The summed E-state index contributed by atoms with van der Waals surface area (Å²) in [5, 5.41) is 0. The molecule has 76 valence electrons. The lowest BCUT2D eigenvalue weighted by Crippen LogP contribution is -2.28. The SMILES string of the molecule is O=C1CCC2(C=Cc3ccccc32)CC1. The molecule has 0 atom stereocenters. The van der Waals surface area contributed by atoms with E-state index in [9.17, 15) is 4.79 Å². The van der Waals surface area contributed by atoms with Crippen LogP contribution in [0.2, 0.25) is 0 Å². The monoisotopic (exact) mass is 198 g/mol. The van der Waals surface area contributed by atoms with Gasteiger partial charge in [-0.05, 0) is 24.0 Å². The molecule has 0 amide bonds. The summed E-state index contributed by atoms with van der Waals surface area (Å²) >= 11 is 0. The summed E-state index contributed by atoms with van der Waals surface area (Å²) in [6.07, 6.45) is 8.02. The van der Waals surface area contributed by atoms with Gasteiger partial charge in [0.25, 0.3) is 0 Å². The normalized spacial score (nSPS) is 22.0. The van der Waals surface area contributed by atoms with E-state index in [1.165, 1.54) is 11.1 Å². The second-order valence-corrected chi connectivity index (χ2v) is 4.62. The summed E-state index contributed by atoms with van der Waals surface area (Å²) in [6.45, 7) is 0. The molecule has 0 heterocycles. The third kappa shape index (κ3) is 1.26. The van der Waals surface area contributed by atoms with Crippen LogP contribution >= 0.6 is 0 Å². The molecule has 0 N–H and O–H groups in total. The van der Waals surface area contributed by atoms with Gasteiger partial charge in [0.1, 0.15) is 5.78 Å². The Bertz CT molecular complexity index is 432. The lowest BCUT2D eigenvalue weighted by Gasteiger charge is -2.32. The highest BCUT2D eigenvalue weighted by molar-refractivity contribution is 5.81. The molecule has 1 heteroatoms. The first-order valence-electron chi connectivity index (χ1n) is 5.61. The lowest BCUT2D eigenvalue weighted by atomic mass is 9.71. The Labute approximate surface area is 89.8 Å². The number of carbonyl (C=O) groups is 1. The fourth-order valence-corrected chi connectivity index (χ4v) is 2.85. The highest BCUT2D eigenvalue weighted by atomic mass is 16.1. The van der Waals surface area contributed by atoms with Crippen LogP contribution in [0.15, 0.2) is 30.3 Å². The van der Waals surface area contributed by atoms with Crippen molar-refractivity contribution in [2.45, 2.75) is 31.1 Å². The van der Waals surface area contributed by atoms with Crippen LogP contribution in [0.4, 0.5) is 0 Å². The van der Waals surface area contributed by atoms with Crippen molar-refractivity contribution in [1.82, 2.24) is 0 Å². The minimum atomic E-state index is 0.185. The van der Waals surface area contributed by atoms with Gasteiger partial charge in [0.2, 0.25) is 0 Å². The van der Waals surface area contributed by atoms with Crippen molar-refractivity contribution in [3.63, 3.8) is 0 Å². The standard InChI is InChI=1S/C14H14O/c15-12-6-9-14(10-7-12)8-5-11-3-1-2-4-13(11)14/h1-5,8H,6-7,9-10H2. The molecule has 0 aromatic heterocycles. The number of allylic oxidation sites excluding steroid dienone is 1. The number of ketones is 1. The van der Waals surface area contributed by atoms with Gasteiger partial charge < -0.3 is 0 Å². The highest BCUT2D eigenvalue weighted by Gasteiger charge is 2.37. The number of benzene rings is 1. The molecule has 0 radical (unpaired) electrons. The van der Waals surface area contributed by atoms with E-state index in [4.69, 9.17) is 0 Å². The maximum absolute atomic E-state index is 11.3. The summed E-state index contributed by atoms with van der Waals surface area (Å²) in [5.74, 6) is 0.429. The molecule has 1 aromatic rings. The van der Waals surface area contributed by atoms with E-state index in [2.05, 4.69) is 36.4 Å². The molecular formula is C14H14O. The Kier molecular flexibility index (Phi) is 1.82. The molecule has 2 aliphatic rings. The van der Waals surface area contributed by atoms with Crippen molar-refractivity contribution in [3.8, 4) is 0 Å². The largest absolute Gasteiger partial charge is 0.300 e. The Balaban J connectivity index is 2.02. The molecule has 1 fully saturated rings. The van der Waals surface area contributed by atoms with Gasteiger partial charge in [-0.3, -0.25) is 4.79 Å². The van der Waals surface area contributed by atoms with Gasteiger partial charge in [0.15, 0.2) is 0 Å². The van der Waals surface area contributed by atoms with Crippen LogP contribution in [0, 0.1) is 0 Å². The van der Waals surface area contributed by atoms with E-state index in [0.717, 1.165) is 25.7 Å². The molecule has 1 nitrogen and oxygen atoms in total. The van der Waals surface area contributed by atoms with E-state index < -0.39 is 0 Å². The quantitative estimate of drug-likeness (QED) is 0.626. The second-order valence-electron chi connectivity index (χ2n) is 4.62. The van der Waals surface area contributed by atoms with Gasteiger partial charge in [-0.15, -0.1) is 0 Å². The van der Waals surface area contributed by atoms with Gasteiger partial charge in [0, 0.05) is 18.3 Å². The van der Waals surface area contributed by atoms with E-state index in [1.807, 2.05) is 0 Å². The summed E-state index contributed by atoms with van der Waals surface area (Å²) in [5.41, 5.74) is 2.95. The van der Waals surface area contributed by atoms with E-state index in [1.54, 1.807) is 0 Å². The minimum absolute atomic E-state index is 0.185. The number of Topliss-reactive ketones (excluding diaryl/α,β-unsaturated/α-hetero) is 1. The Morgan fingerprint density at radius 1 is 1.07 bits per heavy atom. The molecule has 2 aliphatic carbocycles. The number of hydrogen-bond acceptors (Lipinski definition) is 1. The number of hydrogen-bond donors (Lipinski definition) is 0. The molecule has 1 saturated carbocycles. The molecular weight excluding hydrogens is 184 g/mol. The number of rotatable bonds is 0. The average Bonchev–Trinajstić information content (AvgIpc) is 2.63. The number of carbonyl (C=O) groups excluding carboxylic acids is 1. The highest BCUT2D eigenvalue weighted by Crippen LogP contribution is 2.45. The Morgan fingerprint density at radius 2 is 1.80 bits per heavy atom. The molecule has 0 aliphatic heterocycles. The zero-order chi connectivity index (χ0) is 10.3. The predicted molar refractivity (Wildman–Crippen MR) is 60.6 cm³/mol. The minimum Gasteiger partial charge on any atom is -0.300 e. The van der Waals surface area contributed by atoms with Gasteiger partial charge in [0.05, 0.1) is 0 Å². The van der Waals surface area contributed by atoms with Crippen molar-refractivity contribution in [2.75, 3.05) is 0 Å². The van der Waals surface area contributed by atoms with Gasteiger partial charge in [-0.2, -0.15) is 0 Å². The van der Waals surface area contributed by atoms with Gasteiger partial charge >= 0.3 is 0 Å². The van der Waals surface area contributed by atoms with Crippen molar-refractivity contribution >= 4 is 11.9 Å². The van der Waals surface area contributed by atoms with Crippen molar-refractivity contribution in [3.05, 3.63) is 41.5 Å². The third-order valence-corrected chi connectivity index (χ3v) is 3.78. The molecule has 0 unspecified atom stereocenters. The zero-order valence-electron chi connectivity index (χ0n) is 8.70. The Hall–Kier alpha value is -1.37. The summed E-state index contributed by atoms with van der Waals surface area (Å²) < 4.78 is 0. The van der Waals surface area contributed by atoms with Crippen LogP contribution in [0.5, 0.6) is 0 Å². The summed E-state index contributed by atoms with van der Waals surface area (Å²) in [4.78, 5) is 11.3. The molecule has 1 aromatic carbocycles. The molecule has 0 saturated heterocycles. The van der Waals surface area contributed by atoms with Crippen LogP contribution in [0.25, 0.3) is 6.08 Å². The first-order chi connectivity index (χ1) is 7.30. The fourth-order valence-electron chi connectivity index (χ4n) is 2.85. The topological polar surface area (TPSA) is 17.1 Å². The smallest absolute Gasteiger partial charge is 0.133 e. The van der Waals surface area contributed by atoms with Crippen molar-refractivity contribution < 1.29 is 4.79 Å². The van der Waals surface area contributed by atoms with Gasteiger partial charge in [-0.1, -0.05) is 36.4 Å². The van der Waals surface area contributed by atoms with E-state index in [-0.39, 0.29) is 5.41 Å². The second kappa shape index (κ2) is 3.06. The number of fused-ring (bicyclic) bond motifs is 2. The van der Waals surface area contributed by atoms with Crippen LogP contribution in [-0.2, 0) is 10.2 Å². The molecule has 15 heavy (non-hydrogen) atoms. The Morgan fingerprint density at radius 3 is 2.60 bits per heavy atom. The van der Waals surface area contributed by atoms with Crippen LogP contribution in [0.1, 0.15) is 36.8 Å². The maximum Gasteiger partial charge on any atom is 0.133 e. The first kappa shape index (κ1) is 8.90. The summed E-state index contributed by atoms with van der Waals surface area (Å²) in [7, 11) is 0. The van der Waals surface area contributed by atoms with Crippen LogP contribution in [0.3, 0.4) is 0 Å². The first-order valence-corrected chi connectivity index (χ1v) is 5.61. The predicted octanol–water partition coefficient (Wildman–Crippen LogP) is 3.09. The van der Waals surface area contributed by atoms with Crippen LogP contribution < -0.4 is 0 Å². The van der Waals surface area contributed by atoms with E-state index >= 15 is 0 Å². The molecule has 0 bridgehead atoms. The molecule has 3 rings (SSSR count). The zero-order valence-corrected chi connectivity index (χ0v) is 8.70. The lowest BCUT2D eigenvalue weighted by molar-refractivity contribution is -0.121. The third-order valence-electron chi connectivity index (χ3n) is 3.78. The van der Waals surface area contributed by atoms with Gasteiger partial charge in [-0.25, -0.2) is 0 Å². The average molecular weight is 198 g/mol.